The van der Waals surface area contributed by atoms with Gasteiger partial charge in [-0.15, -0.1) is 0 Å². The fraction of sp³-hybridized carbons (Fsp3) is 0.400. The van der Waals surface area contributed by atoms with E-state index in [-0.39, 0.29) is 11.3 Å². The number of aromatic nitrogens is 3. The Bertz CT molecular complexity index is 672. The number of aromatic amines is 1. The molecule has 6 nitrogen and oxygen atoms in total. The van der Waals surface area contributed by atoms with Gasteiger partial charge in [-0.2, -0.15) is 0 Å². The van der Waals surface area contributed by atoms with Crippen molar-refractivity contribution in [2.45, 2.75) is 33.2 Å². The van der Waals surface area contributed by atoms with Crippen molar-refractivity contribution in [1.82, 2.24) is 19.9 Å². The molecule has 0 atom stereocenters. The second-order valence-corrected chi connectivity index (χ2v) is 4.91. The predicted molar refractivity (Wildman–Crippen MR) is 80.4 cm³/mol. The van der Waals surface area contributed by atoms with Crippen LogP contribution in [0, 0.1) is 6.92 Å². The first-order chi connectivity index (χ1) is 10.1. The molecule has 0 saturated heterocycles. The van der Waals surface area contributed by atoms with Crippen LogP contribution in [-0.2, 0) is 13.0 Å². The minimum absolute atomic E-state index is 0.164. The molecule has 0 aliphatic rings. The minimum atomic E-state index is -0.253. The van der Waals surface area contributed by atoms with Crippen LogP contribution in [0.25, 0.3) is 0 Å². The topological polar surface area (TPSA) is 79.8 Å². The Morgan fingerprint density at radius 3 is 2.95 bits per heavy atom. The van der Waals surface area contributed by atoms with Crippen molar-refractivity contribution in [3.8, 4) is 0 Å². The van der Waals surface area contributed by atoms with E-state index in [0.29, 0.717) is 17.9 Å². The Hall–Kier alpha value is -2.37. The summed E-state index contributed by atoms with van der Waals surface area (Å²) in [6.07, 6.45) is 5.43. The zero-order chi connectivity index (χ0) is 15.2. The first-order valence-electron chi connectivity index (χ1n) is 7.09. The van der Waals surface area contributed by atoms with Crippen LogP contribution in [0.15, 0.2) is 29.3 Å². The van der Waals surface area contributed by atoms with E-state index in [2.05, 4.69) is 26.8 Å². The third kappa shape index (κ3) is 4.05. The van der Waals surface area contributed by atoms with E-state index in [1.807, 2.05) is 6.20 Å². The third-order valence-electron chi connectivity index (χ3n) is 3.20. The number of carbonyl (C=O) groups is 1. The van der Waals surface area contributed by atoms with Gasteiger partial charge in [0.25, 0.3) is 5.91 Å². The molecule has 6 heteroatoms. The monoisotopic (exact) mass is 288 g/mol. The molecule has 2 aromatic rings. The molecular formula is C15H20N4O2. The van der Waals surface area contributed by atoms with Crippen LogP contribution in [-0.4, -0.2) is 27.0 Å². The van der Waals surface area contributed by atoms with Crippen molar-refractivity contribution in [2.75, 3.05) is 6.54 Å². The number of pyridine rings is 1. The van der Waals surface area contributed by atoms with Crippen LogP contribution in [0.1, 0.15) is 35.4 Å². The highest BCUT2D eigenvalue weighted by Crippen LogP contribution is 2.00. The maximum absolute atomic E-state index is 11.9. The predicted octanol–water partition coefficient (Wildman–Crippen LogP) is 1.26. The number of nitrogens with zero attached hydrogens (tertiary/aromatic N) is 2. The number of hydrogen-bond acceptors (Lipinski definition) is 3. The molecule has 0 unspecified atom stereocenters. The Balaban J connectivity index is 1.83. The first kappa shape index (κ1) is 15.0. The lowest BCUT2D eigenvalue weighted by Crippen LogP contribution is -2.27. The summed E-state index contributed by atoms with van der Waals surface area (Å²) in [6, 6.07) is 2.77. The van der Waals surface area contributed by atoms with Crippen LogP contribution in [0.4, 0.5) is 0 Å². The van der Waals surface area contributed by atoms with Crippen molar-refractivity contribution in [2.24, 2.45) is 0 Å². The molecule has 0 aliphatic heterocycles. The van der Waals surface area contributed by atoms with Crippen LogP contribution in [0.3, 0.4) is 0 Å². The minimum Gasteiger partial charge on any atom is -0.354 e. The fourth-order valence-corrected chi connectivity index (χ4v) is 2.21. The van der Waals surface area contributed by atoms with Crippen molar-refractivity contribution in [3.05, 3.63) is 52.0 Å². The Kier molecular flexibility index (Phi) is 4.92. The number of hydrogen-bond donors (Lipinski definition) is 2. The van der Waals surface area contributed by atoms with E-state index in [1.54, 1.807) is 13.1 Å². The number of carbonyl (C=O) groups excluding carboxylic acids is 1. The summed E-state index contributed by atoms with van der Waals surface area (Å²) in [7, 11) is 0. The van der Waals surface area contributed by atoms with Crippen molar-refractivity contribution >= 4 is 5.91 Å². The molecule has 0 saturated carbocycles. The molecular weight excluding hydrogens is 268 g/mol. The summed E-state index contributed by atoms with van der Waals surface area (Å²) in [5.74, 6) is 0.793. The molecule has 0 fully saturated rings. The Morgan fingerprint density at radius 2 is 2.24 bits per heavy atom. The first-order valence-corrected chi connectivity index (χ1v) is 7.09. The van der Waals surface area contributed by atoms with Gasteiger partial charge in [-0.05, 0) is 13.3 Å². The molecule has 2 rings (SSSR count). The van der Waals surface area contributed by atoms with Gasteiger partial charge >= 0.3 is 0 Å². The summed E-state index contributed by atoms with van der Waals surface area (Å²) >= 11 is 0. The zero-order valence-electron chi connectivity index (χ0n) is 12.3. The quantitative estimate of drug-likeness (QED) is 0.785. The second-order valence-electron chi connectivity index (χ2n) is 4.91. The number of aryl methyl sites for hydroxylation is 3. The summed E-state index contributed by atoms with van der Waals surface area (Å²) in [6.45, 7) is 5.18. The molecule has 0 radical (unpaired) electrons. The molecule has 0 spiro atoms. The van der Waals surface area contributed by atoms with Crippen molar-refractivity contribution < 1.29 is 4.79 Å². The van der Waals surface area contributed by atoms with Gasteiger partial charge in [0.05, 0.1) is 0 Å². The lowest BCUT2D eigenvalue weighted by molar-refractivity contribution is 0.0947. The van der Waals surface area contributed by atoms with Gasteiger partial charge in [0.15, 0.2) is 5.43 Å². The van der Waals surface area contributed by atoms with Gasteiger partial charge in [0, 0.05) is 49.7 Å². The number of amides is 1. The molecule has 0 bridgehead atoms. The highest BCUT2D eigenvalue weighted by atomic mass is 16.2. The molecule has 2 heterocycles. The lowest BCUT2D eigenvalue weighted by Gasteiger charge is -2.08. The van der Waals surface area contributed by atoms with E-state index in [4.69, 9.17) is 0 Å². The van der Waals surface area contributed by atoms with Crippen molar-refractivity contribution in [3.63, 3.8) is 0 Å². The molecule has 2 N–H and O–H groups in total. The fourth-order valence-electron chi connectivity index (χ4n) is 2.21. The Morgan fingerprint density at radius 1 is 1.43 bits per heavy atom. The van der Waals surface area contributed by atoms with E-state index >= 15 is 0 Å². The average Bonchev–Trinajstić information content (AvgIpc) is 2.89. The summed E-state index contributed by atoms with van der Waals surface area (Å²) < 4.78 is 2.08. The standard InChI is InChI=1S/C15H20N4O2/c1-3-14-16-6-8-19(14)7-4-5-17-15(21)13-10-12(20)9-11(2)18-13/h6,8-10H,3-5,7H2,1-2H3,(H,17,21)(H,18,20). The van der Waals surface area contributed by atoms with E-state index < -0.39 is 0 Å². The molecule has 0 aliphatic carbocycles. The van der Waals surface area contributed by atoms with Crippen molar-refractivity contribution in [1.29, 1.82) is 0 Å². The maximum Gasteiger partial charge on any atom is 0.267 e. The van der Waals surface area contributed by atoms with Gasteiger partial charge < -0.3 is 14.9 Å². The molecule has 21 heavy (non-hydrogen) atoms. The van der Waals surface area contributed by atoms with Gasteiger partial charge in [-0.25, -0.2) is 4.98 Å². The van der Waals surface area contributed by atoms with E-state index in [9.17, 15) is 9.59 Å². The molecule has 112 valence electrons. The van der Waals surface area contributed by atoms with Gasteiger partial charge in [-0.1, -0.05) is 6.92 Å². The lowest BCUT2D eigenvalue weighted by atomic mass is 10.3. The zero-order valence-corrected chi connectivity index (χ0v) is 12.3. The van der Waals surface area contributed by atoms with Gasteiger partial charge in [-0.3, -0.25) is 9.59 Å². The average molecular weight is 288 g/mol. The van der Waals surface area contributed by atoms with E-state index in [0.717, 1.165) is 25.2 Å². The largest absolute Gasteiger partial charge is 0.354 e. The highest BCUT2D eigenvalue weighted by Gasteiger charge is 2.07. The van der Waals surface area contributed by atoms with Gasteiger partial charge in [0.1, 0.15) is 11.5 Å². The van der Waals surface area contributed by atoms with Crippen LogP contribution >= 0.6 is 0 Å². The SMILES string of the molecule is CCc1nccn1CCCNC(=O)c1cc(=O)cc(C)[nH]1. The summed E-state index contributed by atoms with van der Waals surface area (Å²) in [5, 5.41) is 2.81. The molecule has 0 aromatic carbocycles. The van der Waals surface area contributed by atoms with Crippen LogP contribution in [0.5, 0.6) is 0 Å². The summed E-state index contributed by atoms with van der Waals surface area (Å²) in [4.78, 5) is 30.4. The number of nitrogens with one attached hydrogen (secondary N) is 2. The Labute approximate surface area is 123 Å². The van der Waals surface area contributed by atoms with Gasteiger partial charge in [0.2, 0.25) is 0 Å². The van der Waals surface area contributed by atoms with Crippen LogP contribution in [0.2, 0.25) is 0 Å². The molecule has 2 aromatic heterocycles. The smallest absolute Gasteiger partial charge is 0.267 e. The van der Waals surface area contributed by atoms with Crippen LogP contribution < -0.4 is 10.7 Å². The summed E-state index contributed by atoms with van der Waals surface area (Å²) in [5.41, 5.74) is 0.818. The van der Waals surface area contributed by atoms with E-state index in [1.165, 1.54) is 12.1 Å². The third-order valence-corrected chi connectivity index (χ3v) is 3.20. The second kappa shape index (κ2) is 6.88. The number of rotatable bonds is 6. The maximum atomic E-state index is 11.9. The normalized spacial score (nSPS) is 10.6. The number of imidazole rings is 1. The molecule has 1 amide bonds. The highest BCUT2D eigenvalue weighted by molar-refractivity contribution is 5.92. The number of H-pyrrole nitrogens is 1.